The minimum absolute atomic E-state index is 0.120. The maximum atomic E-state index is 13.6. The lowest BCUT2D eigenvalue weighted by molar-refractivity contribution is -0.116. The third kappa shape index (κ3) is 2.90. The molecule has 122 valence electrons. The number of ketones is 1. The molecule has 0 fully saturated rings. The molecule has 0 aliphatic heterocycles. The summed E-state index contributed by atoms with van der Waals surface area (Å²) >= 11 is 0. The molecule has 0 saturated heterocycles. The largest absolute Gasteiger partial charge is 0.337 e. The standard InChI is InChI=1S/C18H14F2N2O2/c1-11(23)13-9-22(16-8-3-2-5-12(13)16)10-17(24)21-18-14(19)6-4-7-15(18)20/h2-9H,10H2,1H3,(H,21,24). The second kappa shape index (κ2) is 6.23. The van der Waals surface area contributed by atoms with E-state index in [9.17, 15) is 18.4 Å². The fourth-order valence-corrected chi connectivity index (χ4v) is 2.61. The van der Waals surface area contributed by atoms with E-state index in [-0.39, 0.29) is 12.3 Å². The lowest BCUT2D eigenvalue weighted by atomic mass is 10.1. The molecule has 0 unspecified atom stereocenters. The lowest BCUT2D eigenvalue weighted by Gasteiger charge is -2.09. The Kier molecular flexibility index (Phi) is 4.12. The van der Waals surface area contributed by atoms with Gasteiger partial charge >= 0.3 is 0 Å². The van der Waals surface area contributed by atoms with E-state index in [4.69, 9.17) is 0 Å². The van der Waals surface area contributed by atoms with E-state index < -0.39 is 23.2 Å². The fraction of sp³-hybridized carbons (Fsp3) is 0.111. The minimum atomic E-state index is -0.842. The summed E-state index contributed by atoms with van der Waals surface area (Å²) in [4.78, 5) is 23.9. The molecule has 0 aliphatic carbocycles. The predicted octanol–water partition coefficient (Wildman–Crippen LogP) is 3.76. The van der Waals surface area contributed by atoms with E-state index in [0.717, 1.165) is 17.5 Å². The van der Waals surface area contributed by atoms with Gasteiger partial charge in [-0.2, -0.15) is 0 Å². The first-order chi connectivity index (χ1) is 11.5. The molecule has 0 saturated carbocycles. The van der Waals surface area contributed by atoms with Gasteiger partial charge in [0.15, 0.2) is 5.78 Å². The average molecular weight is 328 g/mol. The van der Waals surface area contributed by atoms with Gasteiger partial charge < -0.3 is 9.88 Å². The van der Waals surface area contributed by atoms with Gasteiger partial charge in [0.1, 0.15) is 23.9 Å². The van der Waals surface area contributed by atoms with Crippen LogP contribution in [0.4, 0.5) is 14.5 Å². The second-order valence-electron chi connectivity index (χ2n) is 5.39. The van der Waals surface area contributed by atoms with Crippen LogP contribution in [0.2, 0.25) is 0 Å². The number of benzene rings is 2. The zero-order valence-electron chi connectivity index (χ0n) is 12.8. The van der Waals surface area contributed by atoms with Crippen molar-refractivity contribution in [1.82, 2.24) is 4.57 Å². The normalized spacial score (nSPS) is 10.8. The molecule has 3 rings (SSSR count). The van der Waals surface area contributed by atoms with Crippen molar-refractivity contribution in [3.63, 3.8) is 0 Å². The molecule has 1 amide bonds. The summed E-state index contributed by atoms with van der Waals surface area (Å²) in [5.74, 6) is -2.39. The van der Waals surface area contributed by atoms with Gasteiger partial charge in [0.25, 0.3) is 0 Å². The number of carbonyl (C=O) groups is 2. The number of anilines is 1. The summed E-state index contributed by atoms with van der Waals surface area (Å²) in [6.45, 7) is 1.28. The average Bonchev–Trinajstić information content (AvgIpc) is 2.90. The van der Waals surface area contributed by atoms with Crippen LogP contribution in [0.5, 0.6) is 0 Å². The van der Waals surface area contributed by atoms with Crippen molar-refractivity contribution < 1.29 is 18.4 Å². The van der Waals surface area contributed by atoms with Crippen molar-refractivity contribution >= 4 is 28.3 Å². The number of nitrogens with zero attached hydrogens (tertiary/aromatic N) is 1. The van der Waals surface area contributed by atoms with E-state index in [1.807, 2.05) is 0 Å². The van der Waals surface area contributed by atoms with Crippen LogP contribution in [0.25, 0.3) is 10.9 Å². The Labute approximate surface area is 136 Å². The van der Waals surface area contributed by atoms with Crippen molar-refractivity contribution in [1.29, 1.82) is 0 Å². The van der Waals surface area contributed by atoms with Crippen LogP contribution in [0.1, 0.15) is 17.3 Å². The zero-order valence-corrected chi connectivity index (χ0v) is 12.8. The molecule has 6 heteroatoms. The minimum Gasteiger partial charge on any atom is -0.337 e. The van der Waals surface area contributed by atoms with Gasteiger partial charge in [-0.25, -0.2) is 8.78 Å². The molecule has 0 atom stereocenters. The molecule has 24 heavy (non-hydrogen) atoms. The highest BCUT2D eigenvalue weighted by Gasteiger charge is 2.16. The second-order valence-corrected chi connectivity index (χ2v) is 5.39. The summed E-state index contributed by atoms with van der Waals surface area (Å²) in [6.07, 6.45) is 1.57. The zero-order chi connectivity index (χ0) is 17.3. The maximum Gasteiger partial charge on any atom is 0.244 e. The molecule has 0 spiro atoms. The number of nitrogens with one attached hydrogen (secondary N) is 1. The van der Waals surface area contributed by atoms with E-state index in [0.29, 0.717) is 11.1 Å². The van der Waals surface area contributed by atoms with Crippen molar-refractivity contribution in [2.75, 3.05) is 5.32 Å². The Morgan fingerprint density at radius 2 is 1.71 bits per heavy atom. The first kappa shape index (κ1) is 15.9. The molecule has 1 N–H and O–H groups in total. The van der Waals surface area contributed by atoms with Gasteiger partial charge in [0.05, 0.1) is 0 Å². The van der Waals surface area contributed by atoms with E-state index in [1.54, 1.807) is 35.0 Å². The van der Waals surface area contributed by atoms with E-state index in [2.05, 4.69) is 5.32 Å². The smallest absolute Gasteiger partial charge is 0.244 e. The highest BCUT2D eigenvalue weighted by molar-refractivity contribution is 6.07. The number of carbonyl (C=O) groups excluding carboxylic acids is 2. The molecule has 4 nitrogen and oxygen atoms in total. The number of hydrogen-bond donors (Lipinski definition) is 1. The number of halogens is 2. The molecule has 0 radical (unpaired) electrons. The topological polar surface area (TPSA) is 51.1 Å². The van der Waals surface area contributed by atoms with Gasteiger partial charge in [0.2, 0.25) is 5.91 Å². The van der Waals surface area contributed by atoms with Gasteiger partial charge in [-0.15, -0.1) is 0 Å². The van der Waals surface area contributed by atoms with Crippen molar-refractivity contribution in [3.05, 3.63) is 65.9 Å². The predicted molar refractivity (Wildman–Crippen MR) is 86.9 cm³/mol. The summed E-state index contributed by atoms with van der Waals surface area (Å²) in [5.41, 5.74) is 0.716. The number of aromatic nitrogens is 1. The molecular weight excluding hydrogens is 314 g/mol. The summed E-state index contributed by atoms with van der Waals surface area (Å²) in [7, 11) is 0. The summed E-state index contributed by atoms with van der Waals surface area (Å²) < 4.78 is 28.8. The van der Waals surface area contributed by atoms with Crippen LogP contribution >= 0.6 is 0 Å². The summed E-state index contributed by atoms with van der Waals surface area (Å²) in [5, 5.41) is 2.97. The molecule has 2 aromatic carbocycles. The van der Waals surface area contributed by atoms with Crippen LogP contribution in [0, 0.1) is 11.6 Å². The van der Waals surface area contributed by atoms with Crippen LogP contribution in [0.15, 0.2) is 48.7 Å². The van der Waals surface area contributed by atoms with Crippen LogP contribution < -0.4 is 5.32 Å². The third-order valence-electron chi connectivity index (χ3n) is 3.71. The molecule has 1 aromatic heterocycles. The number of fused-ring (bicyclic) bond motifs is 1. The SMILES string of the molecule is CC(=O)c1cn(CC(=O)Nc2c(F)cccc2F)c2ccccc12. The molecule has 0 bridgehead atoms. The molecule has 0 aliphatic rings. The first-order valence-electron chi connectivity index (χ1n) is 7.30. The quantitative estimate of drug-likeness (QED) is 0.741. The Hall–Kier alpha value is -3.02. The van der Waals surface area contributed by atoms with E-state index >= 15 is 0 Å². The first-order valence-corrected chi connectivity index (χ1v) is 7.30. The van der Waals surface area contributed by atoms with Gasteiger partial charge in [0, 0.05) is 22.7 Å². The molecule has 1 heterocycles. The van der Waals surface area contributed by atoms with Gasteiger partial charge in [-0.1, -0.05) is 24.3 Å². The van der Waals surface area contributed by atoms with Gasteiger partial charge in [-0.05, 0) is 25.1 Å². The number of para-hydroxylation sites is 2. The fourth-order valence-electron chi connectivity index (χ4n) is 2.61. The van der Waals surface area contributed by atoms with Crippen LogP contribution in [0.3, 0.4) is 0 Å². The number of Topliss-reactive ketones (excluding diaryl/α,β-unsaturated/α-hetero) is 1. The Morgan fingerprint density at radius 1 is 1.04 bits per heavy atom. The third-order valence-corrected chi connectivity index (χ3v) is 3.71. The highest BCUT2D eigenvalue weighted by atomic mass is 19.1. The molecular formula is C18H14F2N2O2. The Bertz CT molecular complexity index is 927. The Morgan fingerprint density at radius 3 is 2.38 bits per heavy atom. The van der Waals surface area contributed by atoms with Crippen molar-refractivity contribution in [2.45, 2.75) is 13.5 Å². The highest BCUT2D eigenvalue weighted by Crippen LogP contribution is 2.22. The van der Waals surface area contributed by atoms with Crippen LogP contribution in [-0.2, 0) is 11.3 Å². The van der Waals surface area contributed by atoms with E-state index in [1.165, 1.54) is 13.0 Å². The number of rotatable bonds is 4. The number of hydrogen-bond acceptors (Lipinski definition) is 2. The Balaban J connectivity index is 1.90. The monoisotopic (exact) mass is 328 g/mol. The summed E-state index contributed by atoms with van der Waals surface area (Å²) in [6, 6.07) is 10.5. The van der Waals surface area contributed by atoms with Crippen molar-refractivity contribution in [3.8, 4) is 0 Å². The van der Waals surface area contributed by atoms with Crippen molar-refractivity contribution in [2.24, 2.45) is 0 Å². The number of amides is 1. The lowest BCUT2D eigenvalue weighted by Crippen LogP contribution is -2.19. The molecule has 3 aromatic rings. The van der Waals surface area contributed by atoms with Gasteiger partial charge in [-0.3, -0.25) is 9.59 Å². The van der Waals surface area contributed by atoms with Crippen LogP contribution in [-0.4, -0.2) is 16.3 Å². The maximum absolute atomic E-state index is 13.6.